The summed E-state index contributed by atoms with van der Waals surface area (Å²) in [7, 11) is 0. The number of rotatable bonds is 8. The molecule has 1 aliphatic heterocycles. The van der Waals surface area contributed by atoms with Crippen molar-refractivity contribution in [2.75, 3.05) is 30.3 Å². The second-order valence-electron chi connectivity index (χ2n) is 12.9. The molecule has 4 aromatic carbocycles. The molecule has 1 aliphatic rings. The van der Waals surface area contributed by atoms with Gasteiger partial charge in [0.15, 0.2) is 0 Å². The van der Waals surface area contributed by atoms with Gasteiger partial charge in [0.1, 0.15) is 18.8 Å². The first-order chi connectivity index (χ1) is 26.0. The van der Waals surface area contributed by atoms with Crippen LogP contribution in [0.15, 0.2) is 134 Å². The number of imidazole rings is 1. The lowest BCUT2D eigenvalue weighted by molar-refractivity contribution is 0.0484. The van der Waals surface area contributed by atoms with Gasteiger partial charge in [-0.15, -0.1) is 0 Å². The molecule has 2 unspecified atom stereocenters. The third-order valence-electron chi connectivity index (χ3n) is 9.56. The fourth-order valence-electron chi connectivity index (χ4n) is 6.75. The first kappa shape index (κ1) is 33.3. The molecular weight excluding hydrogens is 667 g/mol. The van der Waals surface area contributed by atoms with E-state index in [1.807, 2.05) is 115 Å². The maximum Gasteiger partial charge on any atom is 0.410 e. The molecule has 12 nitrogen and oxygen atoms in total. The van der Waals surface area contributed by atoms with Gasteiger partial charge in [0.2, 0.25) is 5.95 Å². The number of amides is 3. The van der Waals surface area contributed by atoms with E-state index in [0.717, 1.165) is 44.2 Å². The number of urea groups is 1. The third kappa shape index (κ3) is 7.20. The molecule has 1 fully saturated rings. The molecule has 3 amide bonds. The fourth-order valence-corrected chi connectivity index (χ4v) is 6.75. The molecule has 2 N–H and O–H groups in total. The maximum atomic E-state index is 13.7. The van der Waals surface area contributed by atoms with Crippen LogP contribution in [-0.2, 0) is 11.3 Å². The summed E-state index contributed by atoms with van der Waals surface area (Å²) in [6, 6.07) is 34.1. The number of pyridine rings is 1. The van der Waals surface area contributed by atoms with Crippen LogP contribution in [0.25, 0.3) is 38.8 Å². The number of anilines is 2. The van der Waals surface area contributed by atoms with E-state index in [4.69, 9.17) is 9.72 Å². The first-order valence-corrected chi connectivity index (χ1v) is 17.5. The summed E-state index contributed by atoms with van der Waals surface area (Å²) in [4.78, 5) is 48.9. The third-order valence-corrected chi connectivity index (χ3v) is 9.56. The predicted molar refractivity (Wildman–Crippen MR) is 205 cm³/mol. The van der Waals surface area contributed by atoms with Crippen molar-refractivity contribution in [2.45, 2.75) is 25.6 Å². The smallest absolute Gasteiger partial charge is 0.410 e. The highest BCUT2D eigenvalue weighted by Gasteiger charge is 2.37. The van der Waals surface area contributed by atoms with E-state index in [1.165, 1.54) is 0 Å². The lowest BCUT2D eigenvalue weighted by Crippen LogP contribution is -2.61. The number of hydrogen-bond acceptors (Lipinski definition) is 8. The molecule has 264 valence electrons. The lowest BCUT2D eigenvalue weighted by atomic mass is 10.1. The van der Waals surface area contributed by atoms with Gasteiger partial charge in [-0.05, 0) is 65.4 Å². The Kier molecular flexibility index (Phi) is 9.31. The van der Waals surface area contributed by atoms with Crippen LogP contribution >= 0.6 is 0 Å². The first-order valence-electron chi connectivity index (χ1n) is 17.5. The number of aromatic nitrogens is 5. The van der Waals surface area contributed by atoms with E-state index in [9.17, 15) is 9.59 Å². The molecule has 0 bridgehead atoms. The number of nitrogens with one attached hydrogen (secondary N) is 2. The number of piperazine rings is 1. The molecule has 1 saturated heterocycles. The van der Waals surface area contributed by atoms with Crippen LogP contribution in [-0.4, -0.2) is 78.1 Å². The monoisotopic (exact) mass is 703 g/mol. The number of carbonyl (C=O) groups excluding carboxylic acids is 2. The highest BCUT2D eigenvalue weighted by molar-refractivity contribution is 6.01. The number of carbonyl (C=O) groups is 2. The highest BCUT2D eigenvalue weighted by Crippen LogP contribution is 2.27. The van der Waals surface area contributed by atoms with Gasteiger partial charge in [-0.2, -0.15) is 4.98 Å². The molecule has 0 spiro atoms. The van der Waals surface area contributed by atoms with Crippen LogP contribution in [0.1, 0.15) is 12.5 Å². The Hall–Kier alpha value is -6.82. The standard InChI is InChI=1S/C41H37N9O3/c1-28(45-39-43-21-18-38(47-39)50-27-44-35-24-32(14-15-36(35)50)30-16-19-42-20-17-30)37-25-48(22-23-49(37)41(52)53-26-29-8-3-2-4-9-29)40(51)46-34-13-7-11-31-10-5-6-12-33(31)34/h2-21,24,27-28,37H,22-23,25-26H2,1H3,(H,46,51)(H,43,45,47). The average Bonchev–Trinajstić information content (AvgIpc) is 3.64. The van der Waals surface area contributed by atoms with Crippen molar-refractivity contribution in [2.24, 2.45) is 0 Å². The fraction of sp³-hybridized carbons (Fsp3) is 0.171. The van der Waals surface area contributed by atoms with E-state index >= 15 is 0 Å². The molecule has 12 heteroatoms. The Bertz CT molecular complexity index is 2380. The van der Waals surface area contributed by atoms with E-state index in [-0.39, 0.29) is 31.8 Å². The van der Waals surface area contributed by atoms with Gasteiger partial charge in [-0.1, -0.05) is 72.8 Å². The lowest BCUT2D eigenvalue weighted by Gasteiger charge is -2.43. The van der Waals surface area contributed by atoms with Crippen molar-refractivity contribution < 1.29 is 14.3 Å². The zero-order chi connectivity index (χ0) is 36.1. The Labute approximate surface area is 306 Å². The number of hydrogen-bond donors (Lipinski definition) is 2. The molecule has 8 rings (SSSR count). The summed E-state index contributed by atoms with van der Waals surface area (Å²) in [5, 5.41) is 8.50. The number of nitrogens with zero attached hydrogens (tertiary/aromatic N) is 7. The van der Waals surface area contributed by atoms with Gasteiger partial charge < -0.3 is 20.3 Å². The molecule has 7 aromatic rings. The number of benzene rings is 4. The molecule has 0 aliphatic carbocycles. The van der Waals surface area contributed by atoms with Crippen molar-refractivity contribution in [1.29, 1.82) is 0 Å². The maximum absolute atomic E-state index is 13.7. The second kappa shape index (κ2) is 14.8. The van der Waals surface area contributed by atoms with Crippen molar-refractivity contribution in [3.8, 4) is 16.9 Å². The summed E-state index contributed by atoms with van der Waals surface area (Å²) in [5.74, 6) is 1.01. The average molecular weight is 704 g/mol. The van der Waals surface area contributed by atoms with E-state index < -0.39 is 12.1 Å². The molecule has 53 heavy (non-hydrogen) atoms. The summed E-state index contributed by atoms with van der Waals surface area (Å²) >= 11 is 0. The zero-order valence-corrected chi connectivity index (χ0v) is 29.0. The summed E-state index contributed by atoms with van der Waals surface area (Å²) in [5.41, 5.74) is 5.45. The van der Waals surface area contributed by atoms with Crippen LogP contribution in [0, 0.1) is 0 Å². The SMILES string of the molecule is CC(Nc1nccc(-n2cnc3cc(-c4ccncc4)ccc32)n1)C1CN(C(=O)Nc2cccc3ccccc23)CCN1C(=O)OCc1ccccc1. The molecular formula is C41H37N9O3. The topological polar surface area (TPSA) is 130 Å². The van der Waals surface area contributed by atoms with Crippen LogP contribution in [0.3, 0.4) is 0 Å². The van der Waals surface area contributed by atoms with Gasteiger partial charge in [-0.3, -0.25) is 14.5 Å². The summed E-state index contributed by atoms with van der Waals surface area (Å²) < 4.78 is 7.69. The predicted octanol–water partition coefficient (Wildman–Crippen LogP) is 7.39. The van der Waals surface area contributed by atoms with Crippen molar-refractivity contribution in [3.05, 3.63) is 140 Å². The minimum absolute atomic E-state index is 0.143. The molecule has 2 atom stereocenters. The van der Waals surface area contributed by atoms with Gasteiger partial charge in [0.25, 0.3) is 0 Å². The van der Waals surface area contributed by atoms with Crippen molar-refractivity contribution >= 4 is 45.6 Å². The van der Waals surface area contributed by atoms with Crippen molar-refractivity contribution in [1.82, 2.24) is 34.3 Å². The normalized spacial score (nSPS) is 14.9. The Balaban J connectivity index is 1.02. The Morgan fingerprint density at radius 1 is 0.849 bits per heavy atom. The van der Waals surface area contributed by atoms with Gasteiger partial charge >= 0.3 is 12.1 Å². The molecule has 3 aromatic heterocycles. The van der Waals surface area contributed by atoms with Gasteiger partial charge in [-0.25, -0.2) is 19.6 Å². The largest absolute Gasteiger partial charge is 0.445 e. The van der Waals surface area contributed by atoms with Crippen molar-refractivity contribution in [3.63, 3.8) is 0 Å². The van der Waals surface area contributed by atoms with E-state index in [2.05, 4.69) is 31.7 Å². The zero-order valence-electron chi connectivity index (χ0n) is 29.0. The molecule has 0 saturated carbocycles. The summed E-state index contributed by atoms with van der Waals surface area (Å²) in [6.45, 7) is 2.98. The highest BCUT2D eigenvalue weighted by atomic mass is 16.6. The van der Waals surface area contributed by atoms with Gasteiger partial charge in [0.05, 0.1) is 22.8 Å². The van der Waals surface area contributed by atoms with Crippen LogP contribution < -0.4 is 10.6 Å². The number of fused-ring (bicyclic) bond motifs is 2. The van der Waals surface area contributed by atoms with E-state index in [1.54, 1.807) is 34.7 Å². The quantitative estimate of drug-likeness (QED) is 0.168. The summed E-state index contributed by atoms with van der Waals surface area (Å²) in [6.07, 6.45) is 6.52. The van der Waals surface area contributed by atoms with Crippen LogP contribution in [0.2, 0.25) is 0 Å². The minimum Gasteiger partial charge on any atom is -0.445 e. The number of ether oxygens (including phenoxy) is 1. The second-order valence-corrected chi connectivity index (χ2v) is 12.9. The molecule has 4 heterocycles. The minimum atomic E-state index is -0.460. The van der Waals surface area contributed by atoms with Crippen LogP contribution in [0.4, 0.5) is 21.2 Å². The Morgan fingerprint density at radius 2 is 1.66 bits per heavy atom. The van der Waals surface area contributed by atoms with Crippen LogP contribution in [0.5, 0.6) is 0 Å². The molecule has 0 radical (unpaired) electrons. The van der Waals surface area contributed by atoms with Gasteiger partial charge in [0, 0.05) is 49.7 Å². The Morgan fingerprint density at radius 3 is 2.53 bits per heavy atom. The van der Waals surface area contributed by atoms with E-state index in [0.29, 0.717) is 18.3 Å².